The van der Waals surface area contributed by atoms with Gasteiger partial charge in [0, 0.05) is 4.91 Å². The predicted molar refractivity (Wildman–Crippen MR) is 180 cm³/mol. The van der Waals surface area contributed by atoms with Gasteiger partial charge >= 0.3 is 0 Å². The Morgan fingerprint density at radius 1 is 0.739 bits per heavy atom. The van der Waals surface area contributed by atoms with E-state index in [4.69, 9.17) is 23.4 Å². The van der Waals surface area contributed by atoms with Gasteiger partial charge in [-0.3, -0.25) is 0 Å². The Bertz CT molecular complexity index is 1560. The number of hydrogen-bond acceptors (Lipinski definition) is 6. The Morgan fingerprint density at radius 2 is 1.24 bits per heavy atom. The summed E-state index contributed by atoms with van der Waals surface area (Å²) in [5.74, 6) is -1.31. The molecule has 9 heteroatoms. The van der Waals surface area contributed by atoms with Crippen molar-refractivity contribution in [2.75, 3.05) is 13.2 Å². The van der Waals surface area contributed by atoms with Crippen LogP contribution >= 0.6 is 0 Å². The molecule has 2 aliphatic heterocycles. The fourth-order valence-corrected chi connectivity index (χ4v) is 11.4. The quantitative estimate of drug-likeness (QED) is 0.0720. The van der Waals surface area contributed by atoms with E-state index in [1.165, 1.54) is 10.4 Å². The smallest absolute Gasteiger partial charge is 0.261 e. The van der Waals surface area contributed by atoms with Gasteiger partial charge < -0.3 is 23.4 Å². The largest absolute Gasteiger partial charge is 0.405 e. The second kappa shape index (κ2) is 13.9. The van der Waals surface area contributed by atoms with Crippen LogP contribution in [-0.2, 0) is 36.6 Å². The summed E-state index contributed by atoms with van der Waals surface area (Å²) in [4.78, 5) is 3.05. The summed E-state index contributed by atoms with van der Waals surface area (Å²) in [5.41, 5.74) is 11.4. The average Bonchev–Trinajstić information content (AvgIpc) is 3.60. The molecule has 46 heavy (non-hydrogen) atoms. The minimum Gasteiger partial charge on any atom is -0.405 e. The van der Waals surface area contributed by atoms with E-state index in [0.29, 0.717) is 13.2 Å². The Hall–Kier alpha value is -3.79. The van der Waals surface area contributed by atoms with E-state index in [0.717, 1.165) is 11.1 Å². The molecule has 0 amide bonds. The van der Waals surface area contributed by atoms with Gasteiger partial charge in [0.2, 0.25) is 5.79 Å². The molecule has 0 aliphatic carbocycles. The molecule has 0 N–H and O–H groups in total. The van der Waals surface area contributed by atoms with Gasteiger partial charge in [0.1, 0.15) is 24.4 Å². The van der Waals surface area contributed by atoms with Gasteiger partial charge in [0.05, 0.1) is 26.4 Å². The zero-order chi connectivity index (χ0) is 32.0. The van der Waals surface area contributed by atoms with Crippen LogP contribution in [-0.4, -0.2) is 51.7 Å². The molecule has 2 bridgehead atoms. The minimum atomic E-state index is -2.85. The molecule has 6 rings (SSSR count). The number of benzene rings is 4. The van der Waals surface area contributed by atoms with Crippen molar-refractivity contribution in [1.82, 2.24) is 0 Å². The number of hydrogen-bond donors (Lipinski definition) is 0. The van der Waals surface area contributed by atoms with Crippen LogP contribution in [0.2, 0.25) is 5.04 Å². The summed E-state index contributed by atoms with van der Waals surface area (Å²) in [5, 5.41) is 6.08. The molecule has 0 radical (unpaired) electrons. The van der Waals surface area contributed by atoms with Crippen LogP contribution in [0.1, 0.15) is 31.9 Å². The van der Waals surface area contributed by atoms with Crippen molar-refractivity contribution in [3.05, 3.63) is 143 Å². The van der Waals surface area contributed by atoms with E-state index in [2.05, 4.69) is 79.3 Å². The Morgan fingerprint density at radius 3 is 1.74 bits per heavy atom. The van der Waals surface area contributed by atoms with Crippen LogP contribution < -0.4 is 10.4 Å². The van der Waals surface area contributed by atoms with Crippen molar-refractivity contribution >= 4 is 18.7 Å². The summed E-state index contributed by atoms with van der Waals surface area (Å²) in [6.45, 7) is 7.67. The fourth-order valence-electron chi connectivity index (χ4n) is 6.82. The second-order valence-electron chi connectivity index (χ2n) is 12.9. The van der Waals surface area contributed by atoms with Gasteiger partial charge in [0.15, 0.2) is 0 Å². The second-order valence-corrected chi connectivity index (χ2v) is 17.2. The molecule has 2 aliphatic rings. The Labute approximate surface area is 272 Å². The molecular formula is C37H41N3O5Si. The molecule has 0 aromatic heterocycles. The van der Waals surface area contributed by atoms with Crippen LogP contribution in [0.4, 0.5) is 0 Å². The molecule has 0 spiro atoms. The first-order valence-electron chi connectivity index (χ1n) is 15.8. The van der Waals surface area contributed by atoms with Gasteiger partial charge in [-0.05, 0) is 32.1 Å². The molecule has 4 aromatic rings. The third-order valence-electron chi connectivity index (χ3n) is 8.90. The Balaban J connectivity index is 1.33. The molecule has 238 valence electrons. The van der Waals surface area contributed by atoms with Crippen molar-refractivity contribution in [3.63, 3.8) is 0 Å². The van der Waals surface area contributed by atoms with Crippen LogP contribution in [0, 0.1) is 0 Å². The third kappa shape index (κ3) is 6.41. The molecular weight excluding hydrogens is 595 g/mol. The van der Waals surface area contributed by atoms with Crippen LogP contribution in [0.15, 0.2) is 126 Å². The van der Waals surface area contributed by atoms with Crippen molar-refractivity contribution in [1.29, 1.82) is 0 Å². The van der Waals surface area contributed by atoms with Crippen LogP contribution in [0.3, 0.4) is 0 Å². The molecule has 2 heterocycles. The summed E-state index contributed by atoms with van der Waals surface area (Å²) in [6, 6.07) is 41.0. The van der Waals surface area contributed by atoms with Gasteiger partial charge in [0.25, 0.3) is 8.32 Å². The number of azide groups is 1. The van der Waals surface area contributed by atoms with Gasteiger partial charge in [-0.15, -0.1) is 0 Å². The number of fused-ring (bicyclic) bond motifs is 2. The highest BCUT2D eigenvalue weighted by Crippen LogP contribution is 2.47. The Kier molecular flexibility index (Phi) is 9.72. The monoisotopic (exact) mass is 635 g/mol. The van der Waals surface area contributed by atoms with E-state index in [9.17, 15) is 5.53 Å². The lowest BCUT2D eigenvalue weighted by Gasteiger charge is -2.44. The van der Waals surface area contributed by atoms with Gasteiger partial charge in [-0.1, -0.05) is 147 Å². The topological polar surface area (TPSA) is 94.9 Å². The number of rotatable bonds is 13. The first kappa shape index (κ1) is 32.2. The average molecular weight is 636 g/mol. The lowest BCUT2D eigenvalue weighted by atomic mass is 9.97. The third-order valence-corrected chi connectivity index (χ3v) is 13.9. The standard InChI is InChI=1S/C37H41N3O5Si/c1-36(2,3)46(30-20-12-6-13-21-30,31-22-14-7-15-23-31)43-26-32-33-34(41-24-28-16-8-4-9-17-28)35(37(44-32,45-33)27-39-40-38)42-25-29-18-10-5-11-19-29/h4-23,32-35H,24-27H2,1-3H3/t32?,33-,34?,35?,37+/m1/s1. The van der Waals surface area contributed by atoms with Crippen LogP contribution in [0.5, 0.6) is 0 Å². The summed E-state index contributed by atoms with van der Waals surface area (Å²) in [7, 11) is -2.85. The van der Waals surface area contributed by atoms with Crippen LogP contribution in [0.25, 0.3) is 10.4 Å². The van der Waals surface area contributed by atoms with E-state index in [1.807, 2.05) is 72.8 Å². The molecule has 4 aromatic carbocycles. The SMILES string of the molecule is CC(C)(C)[Si](OCC1O[C@@]2(CN=[N+]=[N-])O[C@H]1C(OCc1ccccc1)C2OCc1ccccc1)(c1ccccc1)c1ccccc1. The maximum absolute atomic E-state index is 9.34. The maximum Gasteiger partial charge on any atom is 0.261 e. The summed E-state index contributed by atoms with van der Waals surface area (Å²) in [6.07, 6.45) is -2.10. The minimum absolute atomic E-state index is 0.0552. The maximum atomic E-state index is 9.34. The fraction of sp³-hybridized carbons (Fsp3) is 0.351. The van der Waals surface area contributed by atoms with Crippen molar-refractivity contribution in [3.8, 4) is 0 Å². The molecule has 5 atom stereocenters. The van der Waals surface area contributed by atoms with Crippen molar-refractivity contribution < 1.29 is 23.4 Å². The zero-order valence-corrected chi connectivity index (χ0v) is 27.6. The summed E-state index contributed by atoms with van der Waals surface area (Å²) < 4.78 is 33.8. The first-order valence-corrected chi connectivity index (χ1v) is 17.7. The number of nitrogens with zero attached hydrogens (tertiary/aromatic N) is 3. The van der Waals surface area contributed by atoms with E-state index in [-0.39, 0.29) is 18.2 Å². The van der Waals surface area contributed by atoms with Crippen molar-refractivity contribution in [2.24, 2.45) is 5.11 Å². The van der Waals surface area contributed by atoms with Gasteiger partial charge in [-0.2, -0.15) is 0 Å². The number of ether oxygens (including phenoxy) is 4. The predicted octanol–water partition coefficient (Wildman–Crippen LogP) is 6.54. The lowest BCUT2D eigenvalue weighted by Crippen LogP contribution is -2.67. The summed E-state index contributed by atoms with van der Waals surface area (Å²) >= 11 is 0. The van der Waals surface area contributed by atoms with Gasteiger partial charge in [-0.25, -0.2) is 0 Å². The highest BCUT2D eigenvalue weighted by molar-refractivity contribution is 6.99. The van der Waals surface area contributed by atoms with E-state index in [1.54, 1.807) is 0 Å². The first-order chi connectivity index (χ1) is 22.4. The van der Waals surface area contributed by atoms with E-state index < -0.39 is 38.5 Å². The lowest BCUT2D eigenvalue weighted by molar-refractivity contribution is -0.239. The normalized spacial score (nSPS) is 24.1. The highest BCUT2D eigenvalue weighted by Gasteiger charge is 2.66. The molecule has 0 saturated carbocycles. The zero-order valence-electron chi connectivity index (χ0n) is 26.6. The van der Waals surface area contributed by atoms with E-state index >= 15 is 0 Å². The highest BCUT2D eigenvalue weighted by atomic mass is 28.4. The molecule has 2 saturated heterocycles. The molecule has 3 unspecified atom stereocenters. The van der Waals surface area contributed by atoms with Crippen molar-refractivity contribution in [2.45, 2.75) is 69.2 Å². The molecule has 8 nitrogen and oxygen atoms in total. The molecule has 2 fully saturated rings.